The van der Waals surface area contributed by atoms with Crippen molar-refractivity contribution in [3.8, 4) is 5.69 Å². The zero-order chi connectivity index (χ0) is 20.8. The van der Waals surface area contributed by atoms with Gasteiger partial charge in [0, 0.05) is 5.69 Å². The minimum atomic E-state index is -0.390. The van der Waals surface area contributed by atoms with E-state index in [1.165, 1.54) is 17.3 Å². The number of nitrogens with one attached hydrogen (secondary N) is 1. The summed E-state index contributed by atoms with van der Waals surface area (Å²) in [6, 6.07) is 12.5. The number of ether oxygens (including phenoxy) is 1. The lowest BCUT2D eigenvalue weighted by molar-refractivity contribution is -0.113. The number of rotatable bonds is 7. The molecule has 2 aromatic carbocycles. The molecular formula is C20H21N5O3S. The summed E-state index contributed by atoms with van der Waals surface area (Å²) < 4.78 is 6.55. The fourth-order valence-corrected chi connectivity index (χ4v) is 3.21. The van der Waals surface area contributed by atoms with E-state index in [4.69, 9.17) is 4.74 Å². The molecular weight excluding hydrogens is 390 g/mol. The van der Waals surface area contributed by atoms with Gasteiger partial charge in [-0.2, -0.15) is 4.68 Å². The molecule has 29 heavy (non-hydrogen) atoms. The van der Waals surface area contributed by atoms with Gasteiger partial charge in [-0.15, -0.1) is 5.10 Å². The molecule has 3 rings (SSSR count). The number of hydrogen-bond acceptors (Lipinski definition) is 7. The average molecular weight is 411 g/mol. The van der Waals surface area contributed by atoms with E-state index < -0.39 is 0 Å². The van der Waals surface area contributed by atoms with Crippen LogP contribution in [0.15, 0.2) is 47.6 Å². The SMILES string of the molecule is CCOC(=O)c1ccc(NC(=O)CSc2nnnn2-c2ccc(C)c(C)c2)cc1. The Hall–Kier alpha value is -3.20. The topological polar surface area (TPSA) is 99.0 Å². The van der Waals surface area contributed by atoms with Crippen molar-refractivity contribution in [1.29, 1.82) is 0 Å². The van der Waals surface area contributed by atoms with Crippen molar-refractivity contribution in [2.24, 2.45) is 0 Å². The van der Waals surface area contributed by atoms with Gasteiger partial charge in [0.1, 0.15) is 0 Å². The number of aromatic nitrogens is 4. The van der Waals surface area contributed by atoms with Crippen LogP contribution in [-0.2, 0) is 9.53 Å². The first-order chi connectivity index (χ1) is 14.0. The number of tetrazole rings is 1. The number of aryl methyl sites for hydroxylation is 2. The standard InChI is InChI=1S/C20H21N5O3S/c1-4-28-19(27)15-6-8-16(9-7-15)21-18(26)12-29-20-22-23-24-25(20)17-10-5-13(2)14(3)11-17/h5-11H,4,12H2,1-3H3,(H,21,26). The summed E-state index contributed by atoms with van der Waals surface area (Å²) in [7, 11) is 0. The van der Waals surface area contributed by atoms with E-state index >= 15 is 0 Å². The van der Waals surface area contributed by atoms with Crippen molar-refractivity contribution in [3.63, 3.8) is 0 Å². The van der Waals surface area contributed by atoms with Crippen LogP contribution in [0.4, 0.5) is 5.69 Å². The fourth-order valence-electron chi connectivity index (χ4n) is 2.52. The second-order valence-corrected chi connectivity index (χ2v) is 7.22. The molecule has 8 nitrogen and oxygen atoms in total. The number of carbonyl (C=O) groups is 2. The molecule has 0 unspecified atom stereocenters. The van der Waals surface area contributed by atoms with Crippen molar-refractivity contribution in [3.05, 3.63) is 59.2 Å². The average Bonchev–Trinajstić information content (AvgIpc) is 3.18. The van der Waals surface area contributed by atoms with Crippen LogP contribution >= 0.6 is 11.8 Å². The Morgan fingerprint density at radius 3 is 2.55 bits per heavy atom. The van der Waals surface area contributed by atoms with Crippen molar-refractivity contribution in [1.82, 2.24) is 20.2 Å². The number of carbonyl (C=O) groups excluding carboxylic acids is 2. The van der Waals surface area contributed by atoms with Crippen molar-refractivity contribution >= 4 is 29.3 Å². The molecule has 0 aliphatic rings. The molecule has 9 heteroatoms. The Morgan fingerprint density at radius 1 is 1.10 bits per heavy atom. The normalized spacial score (nSPS) is 10.6. The second-order valence-electron chi connectivity index (χ2n) is 6.28. The molecule has 1 amide bonds. The third-order valence-corrected chi connectivity index (χ3v) is 5.11. The lowest BCUT2D eigenvalue weighted by Gasteiger charge is -2.08. The summed E-state index contributed by atoms with van der Waals surface area (Å²) in [6.45, 7) is 6.13. The molecule has 3 aromatic rings. The van der Waals surface area contributed by atoms with Crippen LogP contribution in [0, 0.1) is 13.8 Å². The van der Waals surface area contributed by atoms with Gasteiger partial charge in [-0.05, 0) is 78.7 Å². The molecule has 0 radical (unpaired) electrons. The first-order valence-electron chi connectivity index (χ1n) is 9.03. The van der Waals surface area contributed by atoms with Gasteiger partial charge in [0.2, 0.25) is 11.1 Å². The van der Waals surface area contributed by atoms with Crippen molar-refractivity contribution < 1.29 is 14.3 Å². The lowest BCUT2D eigenvalue weighted by atomic mass is 10.1. The molecule has 150 valence electrons. The van der Waals surface area contributed by atoms with E-state index in [0.717, 1.165) is 11.3 Å². The lowest BCUT2D eigenvalue weighted by Crippen LogP contribution is -2.15. The highest BCUT2D eigenvalue weighted by molar-refractivity contribution is 7.99. The van der Waals surface area contributed by atoms with Crippen LogP contribution in [0.1, 0.15) is 28.4 Å². The number of benzene rings is 2. The molecule has 0 spiro atoms. The van der Waals surface area contributed by atoms with Gasteiger partial charge in [-0.3, -0.25) is 4.79 Å². The van der Waals surface area contributed by atoms with Gasteiger partial charge in [0.15, 0.2) is 0 Å². The maximum atomic E-state index is 12.3. The minimum Gasteiger partial charge on any atom is -0.462 e. The third-order valence-electron chi connectivity index (χ3n) is 4.19. The van der Waals surface area contributed by atoms with E-state index in [2.05, 4.69) is 20.8 Å². The van der Waals surface area contributed by atoms with Crippen molar-refractivity contribution in [2.45, 2.75) is 25.9 Å². The Kier molecular flexibility index (Phi) is 6.61. The first-order valence-corrected chi connectivity index (χ1v) is 10.0. The molecule has 1 N–H and O–H groups in total. The smallest absolute Gasteiger partial charge is 0.338 e. The second kappa shape index (κ2) is 9.33. The summed E-state index contributed by atoms with van der Waals surface area (Å²) in [4.78, 5) is 23.9. The van der Waals surface area contributed by atoms with Crippen LogP contribution in [0.2, 0.25) is 0 Å². The maximum absolute atomic E-state index is 12.3. The van der Waals surface area contributed by atoms with Gasteiger partial charge < -0.3 is 10.1 Å². The number of amides is 1. The third kappa shape index (κ3) is 5.20. The Balaban J connectivity index is 1.60. The van der Waals surface area contributed by atoms with E-state index in [1.54, 1.807) is 35.9 Å². The number of anilines is 1. The van der Waals surface area contributed by atoms with Gasteiger partial charge in [-0.25, -0.2) is 4.79 Å². The summed E-state index contributed by atoms with van der Waals surface area (Å²) >= 11 is 1.24. The van der Waals surface area contributed by atoms with Gasteiger partial charge in [0.05, 0.1) is 23.6 Å². The van der Waals surface area contributed by atoms with Crippen molar-refractivity contribution in [2.75, 3.05) is 17.7 Å². The largest absolute Gasteiger partial charge is 0.462 e. The molecule has 0 saturated carbocycles. The zero-order valence-electron chi connectivity index (χ0n) is 16.4. The van der Waals surface area contributed by atoms with E-state index in [9.17, 15) is 9.59 Å². The molecule has 0 bridgehead atoms. The van der Waals surface area contributed by atoms with E-state index in [0.29, 0.717) is 23.0 Å². The highest BCUT2D eigenvalue weighted by Crippen LogP contribution is 2.20. The molecule has 1 aromatic heterocycles. The highest BCUT2D eigenvalue weighted by atomic mass is 32.2. The number of hydrogen-bond donors (Lipinski definition) is 1. The van der Waals surface area contributed by atoms with Crippen LogP contribution in [0.25, 0.3) is 5.69 Å². The quantitative estimate of drug-likeness (QED) is 0.471. The fraction of sp³-hybridized carbons (Fsp3) is 0.250. The van der Waals surface area contributed by atoms with Gasteiger partial charge in [-0.1, -0.05) is 17.8 Å². The number of esters is 1. The molecule has 0 aliphatic carbocycles. The van der Waals surface area contributed by atoms with E-state index in [-0.39, 0.29) is 17.6 Å². The predicted octanol–water partition coefficient (Wildman–Crippen LogP) is 3.19. The van der Waals surface area contributed by atoms with E-state index in [1.807, 2.05) is 32.0 Å². The van der Waals surface area contributed by atoms with Gasteiger partial charge in [0.25, 0.3) is 0 Å². The summed E-state index contributed by atoms with van der Waals surface area (Å²) in [5.74, 6) is -0.446. The van der Waals surface area contributed by atoms with Crippen LogP contribution in [-0.4, -0.2) is 44.4 Å². The molecule has 1 heterocycles. The Morgan fingerprint density at radius 2 is 1.86 bits per heavy atom. The summed E-state index contributed by atoms with van der Waals surface area (Å²) in [5.41, 5.74) is 4.20. The zero-order valence-corrected chi connectivity index (χ0v) is 17.2. The molecule has 0 aliphatic heterocycles. The predicted molar refractivity (Wildman–Crippen MR) is 110 cm³/mol. The van der Waals surface area contributed by atoms with Gasteiger partial charge >= 0.3 is 5.97 Å². The van der Waals surface area contributed by atoms with Crippen LogP contribution in [0.3, 0.4) is 0 Å². The highest BCUT2D eigenvalue weighted by Gasteiger charge is 2.13. The minimum absolute atomic E-state index is 0.144. The Labute approximate surface area is 172 Å². The first kappa shape index (κ1) is 20.5. The number of nitrogens with zero attached hydrogens (tertiary/aromatic N) is 4. The van der Waals surface area contributed by atoms with Crippen LogP contribution in [0.5, 0.6) is 0 Å². The van der Waals surface area contributed by atoms with Crippen LogP contribution < -0.4 is 5.32 Å². The Bertz CT molecular complexity index is 1020. The molecule has 0 fully saturated rings. The molecule has 0 atom stereocenters. The summed E-state index contributed by atoms with van der Waals surface area (Å²) in [6.07, 6.45) is 0. The number of thioether (sulfide) groups is 1. The summed E-state index contributed by atoms with van der Waals surface area (Å²) in [5, 5.41) is 15.1. The maximum Gasteiger partial charge on any atom is 0.338 e. The monoisotopic (exact) mass is 411 g/mol. The molecule has 0 saturated heterocycles.